The van der Waals surface area contributed by atoms with Crippen molar-refractivity contribution in [3.8, 4) is 17.2 Å². The molecule has 0 N–H and O–H groups in total. The van der Waals surface area contributed by atoms with Crippen LogP contribution >= 0.6 is 0 Å². The van der Waals surface area contributed by atoms with Gasteiger partial charge in [0, 0.05) is 17.7 Å². The second-order valence-electron chi connectivity index (χ2n) is 4.85. The van der Waals surface area contributed by atoms with E-state index in [-0.39, 0.29) is 0 Å². The lowest BCUT2D eigenvalue weighted by Crippen LogP contribution is -1.99. The lowest BCUT2D eigenvalue weighted by atomic mass is 10.0. The Morgan fingerprint density at radius 3 is 1.90 bits per heavy atom. The fraction of sp³-hybridized carbons (Fsp3) is 0.333. The Morgan fingerprint density at radius 2 is 1.38 bits per heavy atom. The van der Waals surface area contributed by atoms with E-state index in [0.29, 0.717) is 0 Å². The molecule has 2 aromatic rings. The van der Waals surface area contributed by atoms with E-state index in [9.17, 15) is 0 Å². The van der Waals surface area contributed by atoms with Gasteiger partial charge >= 0.3 is 0 Å². The van der Waals surface area contributed by atoms with Gasteiger partial charge in [-0.3, -0.25) is 0 Å². The summed E-state index contributed by atoms with van der Waals surface area (Å²) in [5.74, 6) is 2.38. The molecule has 0 radical (unpaired) electrons. The molecule has 3 heteroatoms. The van der Waals surface area contributed by atoms with Gasteiger partial charge in [-0.25, -0.2) is 0 Å². The highest BCUT2D eigenvalue weighted by Crippen LogP contribution is 2.35. The molecule has 0 aromatic heterocycles. The molecule has 0 spiro atoms. The number of aryl methyl sites for hydroxylation is 1. The van der Waals surface area contributed by atoms with Crippen LogP contribution in [0.15, 0.2) is 42.5 Å². The number of rotatable bonds is 7. The van der Waals surface area contributed by atoms with Gasteiger partial charge in [0.1, 0.15) is 17.2 Å². The number of hydrogen-bond donors (Lipinski definition) is 0. The van der Waals surface area contributed by atoms with Crippen molar-refractivity contribution in [1.82, 2.24) is 0 Å². The molecule has 0 heterocycles. The van der Waals surface area contributed by atoms with E-state index in [2.05, 4.69) is 24.3 Å². The molecule has 21 heavy (non-hydrogen) atoms. The van der Waals surface area contributed by atoms with Crippen molar-refractivity contribution in [2.24, 2.45) is 0 Å². The first-order valence-corrected chi connectivity index (χ1v) is 7.11. The molecule has 112 valence electrons. The Balaban J connectivity index is 2.11. The number of hydrogen-bond acceptors (Lipinski definition) is 3. The van der Waals surface area contributed by atoms with Crippen LogP contribution in [0.1, 0.15) is 17.5 Å². The van der Waals surface area contributed by atoms with E-state index in [4.69, 9.17) is 14.2 Å². The minimum absolute atomic E-state index is 0.746. The Morgan fingerprint density at radius 1 is 0.762 bits per heavy atom. The molecule has 0 atom stereocenters. The molecule has 0 aliphatic heterocycles. The first-order valence-electron chi connectivity index (χ1n) is 7.11. The zero-order valence-electron chi connectivity index (χ0n) is 12.9. The predicted octanol–water partition coefficient (Wildman–Crippen LogP) is 3.89. The minimum Gasteiger partial charge on any atom is -0.496 e. The molecule has 2 rings (SSSR count). The molecule has 0 amide bonds. The monoisotopic (exact) mass is 286 g/mol. The van der Waals surface area contributed by atoms with Gasteiger partial charge in [0.25, 0.3) is 0 Å². The minimum atomic E-state index is 0.746. The Hall–Kier alpha value is -2.16. The summed E-state index contributed by atoms with van der Waals surface area (Å²) in [6, 6.07) is 14.3. The van der Waals surface area contributed by atoms with E-state index in [1.807, 2.05) is 18.2 Å². The Kier molecular flexibility index (Phi) is 5.50. The highest BCUT2D eigenvalue weighted by atomic mass is 16.5. The van der Waals surface area contributed by atoms with Gasteiger partial charge in [0.2, 0.25) is 0 Å². The van der Waals surface area contributed by atoms with Crippen molar-refractivity contribution >= 4 is 0 Å². The molecule has 0 saturated heterocycles. The standard InChI is InChI=1S/C18H22O3/c1-19-15-12-17(20-2)16(18(13-15)21-3)11-7-10-14-8-5-4-6-9-14/h4-6,8-9,12-13H,7,10-11H2,1-3H3. The summed E-state index contributed by atoms with van der Waals surface area (Å²) in [6.45, 7) is 0. The van der Waals surface area contributed by atoms with E-state index >= 15 is 0 Å². The summed E-state index contributed by atoms with van der Waals surface area (Å²) in [6.07, 6.45) is 2.99. The number of methoxy groups -OCH3 is 3. The molecular formula is C18H22O3. The van der Waals surface area contributed by atoms with Gasteiger partial charge in [-0.15, -0.1) is 0 Å². The van der Waals surface area contributed by atoms with Gasteiger partial charge < -0.3 is 14.2 Å². The molecule has 0 saturated carbocycles. The molecule has 0 aliphatic carbocycles. The Bertz CT molecular complexity index is 539. The van der Waals surface area contributed by atoms with Crippen molar-refractivity contribution in [2.45, 2.75) is 19.3 Å². The van der Waals surface area contributed by atoms with Crippen LogP contribution in [0.4, 0.5) is 0 Å². The van der Waals surface area contributed by atoms with Crippen molar-refractivity contribution < 1.29 is 14.2 Å². The van der Waals surface area contributed by atoms with E-state index in [1.54, 1.807) is 21.3 Å². The van der Waals surface area contributed by atoms with Crippen LogP contribution in [0.5, 0.6) is 17.2 Å². The first kappa shape index (κ1) is 15.2. The normalized spacial score (nSPS) is 10.2. The van der Waals surface area contributed by atoms with Gasteiger partial charge in [-0.1, -0.05) is 30.3 Å². The van der Waals surface area contributed by atoms with Crippen molar-refractivity contribution in [3.63, 3.8) is 0 Å². The molecule has 0 fully saturated rings. The van der Waals surface area contributed by atoms with E-state index in [0.717, 1.165) is 42.1 Å². The average Bonchev–Trinajstić information content (AvgIpc) is 2.55. The van der Waals surface area contributed by atoms with Gasteiger partial charge in [-0.05, 0) is 24.8 Å². The van der Waals surface area contributed by atoms with Crippen LogP contribution in [-0.2, 0) is 12.8 Å². The molecule has 3 nitrogen and oxygen atoms in total. The number of ether oxygens (including phenoxy) is 3. The zero-order valence-corrected chi connectivity index (χ0v) is 12.9. The fourth-order valence-corrected chi connectivity index (χ4v) is 2.44. The summed E-state index contributed by atoms with van der Waals surface area (Å²) in [4.78, 5) is 0. The highest BCUT2D eigenvalue weighted by Gasteiger charge is 2.12. The van der Waals surface area contributed by atoms with Crippen molar-refractivity contribution in [3.05, 3.63) is 53.6 Å². The maximum absolute atomic E-state index is 5.47. The first-order chi connectivity index (χ1) is 10.3. The molecular weight excluding hydrogens is 264 g/mol. The smallest absolute Gasteiger partial charge is 0.129 e. The lowest BCUT2D eigenvalue weighted by molar-refractivity contribution is 0.368. The lowest BCUT2D eigenvalue weighted by Gasteiger charge is -2.15. The van der Waals surface area contributed by atoms with E-state index in [1.165, 1.54) is 5.56 Å². The van der Waals surface area contributed by atoms with Gasteiger partial charge in [0.05, 0.1) is 21.3 Å². The summed E-state index contributed by atoms with van der Waals surface area (Å²) in [7, 11) is 4.99. The zero-order chi connectivity index (χ0) is 15.1. The average molecular weight is 286 g/mol. The van der Waals surface area contributed by atoms with Crippen LogP contribution in [0.2, 0.25) is 0 Å². The highest BCUT2D eigenvalue weighted by molar-refractivity contribution is 5.50. The SMILES string of the molecule is COc1cc(OC)c(CCCc2ccccc2)c(OC)c1. The largest absolute Gasteiger partial charge is 0.496 e. The van der Waals surface area contributed by atoms with Gasteiger partial charge in [0.15, 0.2) is 0 Å². The summed E-state index contributed by atoms with van der Waals surface area (Å²) in [5.41, 5.74) is 2.45. The molecule has 0 unspecified atom stereocenters. The van der Waals surface area contributed by atoms with Crippen LogP contribution in [0, 0.1) is 0 Å². The quantitative estimate of drug-likeness (QED) is 0.773. The summed E-state index contributed by atoms with van der Waals surface area (Å²) in [5, 5.41) is 0. The maximum atomic E-state index is 5.47. The third kappa shape index (κ3) is 3.91. The summed E-state index contributed by atoms with van der Waals surface area (Å²) >= 11 is 0. The second-order valence-corrected chi connectivity index (χ2v) is 4.85. The van der Waals surface area contributed by atoms with E-state index < -0.39 is 0 Å². The van der Waals surface area contributed by atoms with Crippen LogP contribution < -0.4 is 14.2 Å². The fourth-order valence-electron chi connectivity index (χ4n) is 2.44. The van der Waals surface area contributed by atoms with Gasteiger partial charge in [-0.2, -0.15) is 0 Å². The van der Waals surface area contributed by atoms with Crippen LogP contribution in [-0.4, -0.2) is 21.3 Å². The third-order valence-corrected chi connectivity index (χ3v) is 3.55. The van der Waals surface area contributed by atoms with Crippen molar-refractivity contribution in [1.29, 1.82) is 0 Å². The third-order valence-electron chi connectivity index (χ3n) is 3.55. The van der Waals surface area contributed by atoms with Crippen LogP contribution in [0.3, 0.4) is 0 Å². The molecule has 2 aromatic carbocycles. The molecule has 0 bridgehead atoms. The predicted molar refractivity (Wildman–Crippen MR) is 84.6 cm³/mol. The topological polar surface area (TPSA) is 27.7 Å². The number of benzene rings is 2. The molecule has 0 aliphatic rings. The maximum Gasteiger partial charge on any atom is 0.129 e. The van der Waals surface area contributed by atoms with Crippen molar-refractivity contribution in [2.75, 3.05) is 21.3 Å². The second kappa shape index (κ2) is 7.58. The summed E-state index contributed by atoms with van der Waals surface area (Å²) < 4.78 is 16.2. The van der Waals surface area contributed by atoms with Crippen LogP contribution in [0.25, 0.3) is 0 Å². The Labute approximate surface area is 126 Å².